The van der Waals surface area contributed by atoms with Gasteiger partial charge in [-0.2, -0.15) is 0 Å². The topological polar surface area (TPSA) is 90.3 Å². The highest BCUT2D eigenvalue weighted by atomic mass is 32.1. The van der Waals surface area contributed by atoms with Gasteiger partial charge in [0.2, 0.25) is 5.95 Å². The highest BCUT2D eigenvalue weighted by molar-refractivity contribution is 7.22. The maximum atomic E-state index is 12.5. The van der Waals surface area contributed by atoms with E-state index in [1.165, 1.54) is 18.2 Å². The Hall–Kier alpha value is -3.52. The molecule has 186 valence electrons. The van der Waals surface area contributed by atoms with E-state index in [1.54, 1.807) is 29.8 Å². The van der Waals surface area contributed by atoms with Gasteiger partial charge >= 0.3 is 6.36 Å². The molecule has 2 aromatic heterocycles. The molecule has 1 amide bonds. The number of nitrogens with zero attached hydrogens (tertiary/aromatic N) is 3. The first kappa shape index (κ1) is 24.6. The average molecular weight is 515 g/mol. The number of benzene rings is 2. The lowest BCUT2D eigenvalue weighted by atomic mass is 10.2. The van der Waals surface area contributed by atoms with Crippen molar-refractivity contribution in [2.75, 3.05) is 25.1 Å². The molecule has 4 aromatic rings. The molecule has 0 atom stereocenters. The number of anilines is 2. The molecule has 4 rings (SSSR count). The number of alkyl halides is 5. The number of aromatic nitrogens is 3. The van der Waals surface area contributed by atoms with Crippen LogP contribution in [0.15, 0.2) is 36.4 Å². The summed E-state index contributed by atoms with van der Waals surface area (Å²) in [6, 6.07) is 8.75. The molecule has 2 heterocycles. The normalized spacial score (nSPS) is 12.0. The third kappa shape index (κ3) is 6.14. The molecule has 0 unspecified atom stereocenters. The molecule has 0 fully saturated rings. The number of carbonyl (C=O) groups is 1. The predicted octanol–water partition coefficient (Wildman–Crippen LogP) is 4.84. The number of aryl methyl sites for hydroxylation is 1. The Morgan fingerprint density at radius 1 is 1.14 bits per heavy atom. The summed E-state index contributed by atoms with van der Waals surface area (Å²) in [5.41, 5.74) is 2.04. The summed E-state index contributed by atoms with van der Waals surface area (Å²) in [5.74, 6) is -0.339. The molecule has 0 saturated carbocycles. The molecular weight excluding hydrogens is 497 g/mol. The zero-order valence-corrected chi connectivity index (χ0v) is 18.8. The summed E-state index contributed by atoms with van der Waals surface area (Å²) in [4.78, 5) is 21.2. The molecule has 0 bridgehead atoms. The number of rotatable bonds is 9. The number of ether oxygens (including phenoxy) is 2. The fourth-order valence-corrected chi connectivity index (χ4v) is 4.10. The Balaban J connectivity index is 1.46. The Morgan fingerprint density at radius 2 is 1.94 bits per heavy atom. The van der Waals surface area contributed by atoms with E-state index in [0.29, 0.717) is 37.9 Å². The summed E-state index contributed by atoms with van der Waals surface area (Å²) < 4.78 is 72.4. The number of thiazole rings is 1. The van der Waals surface area contributed by atoms with Gasteiger partial charge in [-0.05, 0) is 30.3 Å². The van der Waals surface area contributed by atoms with E-state index < -0.39 is 25.3 Å². The number of hydrogen-bond acceptors (Lipinski definition) is 7. The molecule has 0 aliphatic heterocycles. The van der Waals surface area contributed by atoms with Gasteiger partial charge in [0.05, 0.1) is 27.9 Å². The minimum absolute atomic E-state index is 0.0397. The lowest BCUT2D eigenvalue weighted by molar-refractivity contribution is -0.274. The van der Waals surface area contributed by atoms with Gasteiger partial charge in [0.25, 0.3) is 12.3 Å². The molecule has 2 N–H and O–H groups in total. The molecule has 2 aromatic carbocycles. The minimum Gasteiger partial charge on any atom is -0.406 e. The monoisotopic (exact) mass is 515 g/mol. The number of fused-ring (bicyclic) bond motifs is 2. The molecule has 0 radical (unpaired) electrons. The number of amides is 1. The Bertz CT molecular complexity index is 1350. The minimum atomic E-state index is -4.79. The molecule has 0 aliphatic carbocycles. The third-order valence-corrected chi connectivity index (χ3v) is 5.66. The van der Waals surface area contributed by atoms with Gasteiger partial charge in [0.15, 0.2) is 5.13 Å². The van der Waals surface area contributed by atoms with Crippen molar-refractivity contribution in [3.63, 3.8) is 0 Å². The second-order valence-corrected chi connectivity index (χ2v) is 8.27. The van der Waals surface area contributed by atoms with E-state index in [1.807, 2.05) is 0 Å². The van der Waals surface area contributed by atoms with Crippen LogP contribution in [0.5, 0.6) is 5.75 Å². The van der Waals surface area contributed by atoms with Gasteiger partial charge in [0, 0.05) is 25.2 Å². The van der Waals surface area contributed by atoms with E-state index in [4.69, 9.17) is 4.74 Å². The number of imidazole rings is 1. The lowest BCUT2D eigenvalue weighted by Crippen LogP contribution is -2.27. The molecular formula is C21H18F5N5O3S. The highest BCUT2D eigenvalue weighted by Crippen LogP contribution is 2.33. The van der Waals surface area contributed by atoms with Crippen LogP contribution < -0.4 is 15.4 Å². The maximum Gasteiger partial charge on any atom is 0.573 e. The Morgan fingerprint density at radius 3 is 2.69 bits per heavy atom. The van der Waals surface area contributed by atoms with Crippen LogP contribution in [0.2, 0.25) is 0 Å². The number of halogens is 5. The second-order valence-electron chi connectivity index (χ2n) is 7.24. The van der Waals surface area contributed by atoms with E-state index >= 15 is 0 Å². The van der Waals surface area contributed by atoms with Crippen molar-refractivity contribution in [2.24, 2.45) is 7.05 Å². The third-order valence-electron chi connectivity index (χ3n) is 4.73. The molecule has 8 nitrogen and oxygen atoms in total. The van der Waals surface area contributed by atoms with Crippen molar-refractivity contribution in [1.82, 2.24) is 19.9 Å². The Labute approximate surface area is 198 Å². The molecule has 14 heteroatoms. The van der Waals surface area contributed by atoms with Crippen LogP contribution in [-0.2, 0) is 11.8 Å². The van der Waals surface area contributed by atoms with Gasteiger partial charge in [0.1, 0.15) is 12.4 Å². The lowest BCUT2D eigenvalue weighted by Gasteiger charge is -2.07. The van der Waals surface area contributed by atoms with Crippen molar-refractivity contribution in [1.29, 1.82) is 0 Å². The van der Waals surface area contributed by atoms with E-state index in [0.717, 1.165) is 11.3 Å². The quantitative estimate of drug-likeness (QED) is 0.245. The smallest absolute Gasteiger partial charge is 0.406 e. The Kier molecular flexibility index (Phi) is 7.03. The largest absolute Gasteiger partial charge is 0.573 e. The van der Waals surface area contributed by atoms with Crippen LogP contribution >= 0.6 is 11.3 Å². The molecule has 0 spiro atoms. The standard InChI is InChI=1S/C21H18F5N5O3S/c1-31-15-5-2-11(18(32)27-6-7-33-10-17(22)23)8-14(15)28-19(31)30-20-29-13-4-3-12(9-16(13)35-20)34-21(24,25)26/h2-5,8-9,17H,6-7,10H2,1H3,(H,27,32)(H,28,29,30). The van der Waals surface area contributed by atoms with Crippen LogP contribution in [0.25, 0.3) is 21.3 Å². The zero-order valence-electron chi connectivity index (χ0n) is 18.0. The maximum absolute atomic E-state index is 12.5. The first-order valence-electron chi connectivity index (χ1n) is 10.1. The highest BCUT2D eigenvalue weighted by Gasteiger charge is 2.31. The predicted molar refractivity (Wildman–Crippen MR) is 119 cm³/mol. The summed E-state index contributed by atoms with van der Waals surface area (Å²) in [6.45, 7) is -0.656. The van der Waals surface area contributed by atoms with Crippen molar-refractivity contribution in [3.8, 4) is 5.75 Å². The van der Waals surface area contributed by atoms with E-state index in [-0.39, 0.29) is 18.9 Å². The van der Waals surface area contributed by atoms with Crippen molar-refractivity contribution < 1.29 is 36.2 Å². The van der Waals surface area contributed by atoms with Crippen LogP contribution in [0.3, 0.4) is 0 Å². The number of hydrogen-bond donors (Lipinski definition) is 2. The number of nitrogens with one attached hydrogen (secondary N) is 2. The summed E-state index contributed by atoms with van der Waals surface area (Å²) in [6.07, 6.45) is -7.35. The average Bonchev–Trinajstić information content (AvgIpc) is 3.31. The van der Waals surface area contributed by atoms with Crippen LogP contribution in [-0.4, -0.2) is 53.0 Å². The van der Waals surface area contributed by atoms with Crippen LogP contribution in [0.1, 0.15) is 10.4 Å². The molecule has 0 saturated heterocycles. The van der Waals surface area contributed by atoms with Crippen LogP contribution in [0.4, 0.5) is 33.0 Å². The zero-order chi connectivity index (χ0) is 25.2. The van der Waals surface area contributed by atoms with Crippen molar-refractivity contribution in [2.45, 2.75) is 12.8 Å². The van der Waals surface area contributed by atoms with Gasteiger partial charge in [-0.25, -0.2) is 18.7 Å². The fourth-order valence-electron chi connectivity index (χ4n) is 3.22. The fraction of sp³-hybridized carbons (Fsp3) is 0.286. The number of carbonyl (C=O) groups excluding carboxylic acids is 1. The SMILES string of the molecule is Cn1c(Nc2nc3ccc(OC(F)(F)F)cc3s2)nc2cc(C(=O)NCCOCC(F)F)ccc21. The summed E-state index contributed by atoms with van der Waals surface area (Å²) in [5, 5.41) is 6.03. The van der Waals surface area contributed by atoms with Crippen molar-refractivity contribution in [3.05, 3.63) is 42.0 Å². The van der Waals surface area contributed by atoms with Gasteiger partial charge in [-0.3, -0.25) is 4.79 Å². The van der Waals surface area contributed by atoms with Gasteiger partial charge in [-0.15, -0.1) is 13.2 Å². The summed E-state index contributed by atoms with van der Waals surface area (Å²) in [7, 11) is 1.75. The first-order chi connectivity index (χ1) is 16.6. The molecule has 0 aliphatic rings. The van der Waals surface area contributed by atoms with Crippen LogP contribution in [0, 0.1) is 0 Å². The van der Waals surface area contributed by atoms with E-state index in [2.05, 4.69) is 25.3 Å². The first-order valence-corrected chi connectivity index (χ1v) is 10.9. The second kappa shape index (κ2) is 10.00. The van der Waals surface area contributed by atoms with Gasteiger partial charge < -0.3 is 24.7 Å². The van der Waals surface area contributed by atoms with Gasteiger partial charge in [-0.1, -0.05) is 11.3 Å². The van der Waals surface area contributed by atoms with Crippen molar-refractivity contribution >= 4 is 49.6 Å². The van der Waals surface area contributed by atoms with E-state index in [9.17, 15) is 26.7 Å². The summed E-state index contributed by atoms with van der Waals surface area (Å²) >= 11 is 1.13. The molecule has 35 heavy (non-hydrogen) atoms.